The summed E-state index contributed by atoms with van der Waals surface area (Å²) in [7, 11) is 0. The Morgan fingerprint density at radius 3 is 2.48 bits per heavy atom. The highest BCUT2D eigenvalue weighted by atomic mass is 16.6. The van der Waals surface area contributed by atoms with Gasteiger partial charge in [-0.2, -0.15) is 0 Å². The molecule has 21 heavy (non-hydrogen) atoms. The van der Waals surface area contributed by atoms with Gasteiger partial charge in [0.1, 0.15) is 0 Å². The number of nitro groups is 1. The van der Waals surface area contributed by atoms with Gasteiger partial charge in [-0.15, -0.1) is 0 Å². The highest BCUT2D eigenvalue weighted by molar-refractivity contribution is 6.06. The number of phenolic OH excluding ortho intramolecular Hbond substituents is 1. The number of ketones is 1. The van der Waals surface area contributed by atoms with Gasteiger partial charge in [0.15, 0.2) is 11.5 Å². The Balaban J connectivity index is 2.21. The normalized spacial score (nSPS) is 10.7. The maximum Gasteiger partial charge on any atom is 0.311 e. The molecule has 0 amide bonds. The van der Waals surface area contributed by atoms with Gasteiger partial charge in [-0.05, 0) is 24.6 Å². The SMILES string of the molecule is Cc1ccc(C(=O)/C=C/c2ccc(O)c([N+](=O)[O-])c2)cc1. The van der Waals surface area contributed by atoms with Crippen LogP contribution >= 0.6 is 0 Å². The zero-order chi connectivity index (χ0) is 15.4. The predicted octanol–water partition coefficient (Wildman–Crippen LogP) is 3.50. The lowest BCUT2D eigenvalue weighted by atomic mass is 10.1. The minimum Gasteiger partial charge on any atom is -0.502 e. The molecule has 5 nitrogen and oxygen atoms in total. The van der Waals surface area contributed by atoms with Gasteiger partial charge in [0.05, 0.1) is 4.92 Å². The van der Waals surface area contributed by atoms with Gasteiger partial charge >= 0.3 is 5.69 Å². The number of benzene rings is 2. The Bertz CT molecular complexity index is 718. The second-order valence-corrected chi connectivity index (χ2v) is 4.57. The molecule has 2 aromatic rings. The van der Waals surface area contributed by atoms with Crippen molar-refractivity contribution in [2.45, 2.75) is 6.92 Å². The number of rotatable bonds is 4. The number of nitrogens with zero attached hydrogens (tertiary/aromatic N) is 1. The average molecular weight is 283 g/mol. The van der Waals surface area contributed by atoms with Crippen LogP contribution in [0.3, 0.4) is 0 Å². The quantitative estimate of drug-likeness (QED) is 0.403. The fourth-order valence-corrected chi connectivity index (χ4v) is 1.78. The molecule has 0 spiro atoms. The van der Waals surface area contributed by atoms with Gasteiger partial charge in [-0.1, -0.05) is 42.0 Å². The molecule has 0 saturated heterocycles. The molecule has 1 N–H and O–H groups in total. The van der Waals surface area contributed by atoms with Crippen LogP contribution < -0.4 is 0 Å². The van der Waals surface area contributed by atoms with Crippen molar-refractivity contribution in [1.29, 1.82) is 0 Å². The predicted molar refractivity (Wildman–Crippen MR) is 79.3 cm³/mol. The summed E-state index contributed by atoms with van der Waals surface area (Å²) in [5.74, 6) is -0.590. The van der Waals surface area contributed by atoms with Crippen LogP contribution in [0.25, 0.3) is 6.08 Å². The van der Waals surface area contributed by atoms with Crippen LogP contribution in [-0.4, -0.2) is 15.8 Å². The first kappa shape index (κ1) is 14.5. The maximum atomic E-state index is 11.9. The molecule has 0 radical (unpaired) electrons. The topological polar surface area (TPSA) is 80.4 Å². The van der Waals surface area contributed by atoms with Gasteiger partial charge in [0, 0.05) is 11.6 Å². The van der Waals surface area contributed by atoms with Gasteiger partial charge in [0.25, 0.3) is 0 Å². The molecule has 0 aromatic heterocycles. The van der Waals surface area contributed by atoms with E-state index in [4.69, 9.17) is 0 Å². The van der Waals surface area contributed by atoms with Crippen LogP contribution in [0, 0.1) is 17.0 Å². The summed E-state index contributed by atoms with van der Waals surface area (Å²) < 4.78 is 0. The molecule has 5 heteroatoms. The van der Waals surface area contributed by atoms with Gasteiger partial charge in [-0.3, -0.25) is 14.9 Å². The number of hydrogen-bond acceptors (Lipinski definition) is 4. The van der Waals surface area contributed by atoms with Gasteiger partial charge < -0.3 is 5.11 Å². The molecular formula is C16H13NO4. The number of nitro benzene ring substituents is 1. The van der Waals surface area contributed by atoms with Crippen LogP contribution in [0.15, 0.2) is 48.5 Å². The van der Waals surface area contributed by atoms with Crippen molar-refractivity contribution in [2.75, 3.05) is 0 Å². The van der Waals surface area contributed by atoms with Crippen LogP contribution in [0.2, 0.25) is 0 Å². The molecule has 0 heterocycles. The molecule has 0 unspecified atom stereocenters. The van der Waals surface area contributed by atoms with E-state index in [-0.39, 0.29) is 11.5 Å². The maximum absolute atomic E-state index is 11.9. The Kier molecular flexibility index (Phi) is 4.13. The summed E-state index contributed by atoms with van der Waals surface area (Å²) in [5.41, 5.74) is 1.69. The van der Waals surface area contributed by atoms with Gasteiger partial charge in [-0.25, -0.2) is 0 Å². The first-order chi connectivity index (χ1) is 9.97. The highest BCUT2D eigenvalue weighted by Crippen LogP contribution is 2.26. The number of carbonyl (C=O) groups excluding carboxylic acids is 1. The van der Waals surface area contributed by atoms with Crippen LogP contribution in [0.1, 0.15) is 21.5 Å². The number of carbonyl (C=O) groups is 1. The van der Waals surface area contributed by atoms with E-state index in [1.54, 1.807) is 12.1 Å². The van der Waals surface area contributed by atoms with Crippen molar-refractivity contribution >= 4 is 17.5 Å². The summed E-state index contributed by atoms with van der Waals surface area (Å²) in [5, 5.41) is 20.1. The zero-order valence-electron chi connectivity index (χ0n) is 11.3. The zero-order valence-corrected chi connectivity index (χ0v) is 11.3. The number of allylic oxidation sites excluding steroid dienone is 1. The number of phenols is 1. The first-order valence-electron chi connectivity index (χ1n) is 6.24. The fraction of sp³-hybridized carbons (Fsp3) is 0.0625. The van der Waals surface area contributed by atoms with Gasteiger partial charge in [0.2, 0.25) is 0 Å². The standard InChI is InChI=1S/C16H13NO4/c1-11-2-6-13(7-3-11)15(18)8-4-12-5-9-16(19)14(10-12)17(20)21/h2-10,19H,1H3/b8-4+. The van der Waals surface area contributed by atoms with E-state index in [0.717, 1.165) is 5.56 Å². The average Bonchev–Trinajstić information content (AvgIpc) is 2.46. The highest BCUT2D eigenvalue weighted by Gasteiger charge is 2.12. The molecule has 0 saturated carbocycles. The Morgan fingerprint density at radius 2 is 1.86 bits per heavy atom. The molecule has 2 aromatic carbocycles. The van der Waals surface area contributed by atoms with Crippen molar-refractivity contribution in [3.63, 3.8) is 0 Å². The second kappa shape index (κ2) is 6.00. The third-order valence-electron chi connectivity index (χ3n) is 2.96. The summed E-state index contributed by atoms with van der Waals surface area (Å²) >= 11 is 0. The van der Waals surface area contributed by atoms with Crippen molar-refractivity contribution < 1.29 is 14.8 Å². The lowest BCUT2D eigenvalue weighted by Crippen LogP contribution is -1.94. The fourth-order valence-electron chi connectivity index (χ4n) is 1.78. The molecule has 0 aliphatic carbocycles. The summed E-state index contributed by atoms with van der Waals surface area (Å²) in [4.78, 5) is 22.0. The van der Waals surface area contributed by atoms with Crippen LogP contribution in [-0.2, 0) is 0 Å². The Hall–Kier alpha value is -2.95. The second-order valence-electron chi connectivity index (χ2n) is 4.57. The molecule has 0 bridgehead atoms. The van der Waals surface area contributed by atoms with E-state index < -0.39 is 10.7 Å². The molecule has 106 valence electrons. The molecule has 0 aliphatic rings. The Labute approximate surface area is 121 Å². The van der Waals surface area contributed by atoms with Crippen LogP contribution in [0.5, 0.6) is 5.75 Å². The van der Waals surface area contributed by atoms with Crippen LogP contribution in [0.4, 0.5) is 5.69 Å². The molecule has 0 atom stereocenters. The van der Waals surface area contributed by atoms with E-state index in [0.29, 0.717) is 11.1 Å². The molecular weight excluding hydrogens is 270 g/mol. The van der Waals surface area contributed by atoms with E-state index in [2.05, 4.69) is 0 Å². The minimum atomic E-state index is -0.672. The minimum absolute atomic E-state index is 0.189. The molecule has 0 aliphatic heterocycles. The number of hydrogen-bond donors (Lipinski definition) is 1. The third kappa shape index (κ3) is 3.54. The lowest BCUT2D eigenvalue weighted by molar-refractivity contribution is -0.385. The molecule has 0 fully saturated rings. The molecule has 2 rings (SSSR count). The monoisotopic (exact) mass is 283 g/mol. The smallest absolute Gasteiger partial charge is 0.311 e. The van der Waals surface area contributed by atoms with E-state index >= 15 is 0 Å². The largest absolute Gasteiger partial charge is 0.502 e. The van der Waals surface area contributed by atoms with Crippen molar-refractivity contribution in [2.24, 2.45) is 0 Å². The van der Waals surface area contributed by atoms with E-state index in [1.807, 2.05) is 19.1 Å². The van der Waals surface area contributed by atoms with E-state index in [9.17, 15) is 20.0 Å². The van der Waals surface area contributed by atoms with E-state index in [1.165, 1.54) is 30.4 Å². The summed E-state index contributed by atoms with van der Waals surface area (Å²) in [6.07, 6.45) is 2.83. The number of aryl methyl sites for hydroxylation is 1. The first-order valence-corrected chi connectivity index (χ1v) is 6.24. The number of aromatic hydroxyl groups is 1. The summed E-state index contributed by atoms with van der Waals surface area (Å²) in [6, 6.07) is 11.1. The van der Waals surface area contributed by atoms with Crippen molar-refractivity contribution in [3.05, 3.63) is 75.3 Å². The Morgan fingerprint density at radius 1 is 1.19 bits per heavy atom. The lowest BCUT2D eigenvalue weighted by Gasteiger charge is -1.98. The van der Waals surface area contributed by atoms with Crippen molar-refractivity contribution in [1.82, 2.24) is 0 Å². The summed E-state index contributed by atoms with van der Waals surface area (Å²) in [6.45, 7) is 1.93. The van der Waals surface area contributed by atoms with Crippen molar-refractivity contribution in [3.8, 4) is 5.75 Å². The third-order valence-corrected chi connectivity index (χ3v) is 2.96.